The lowest BCUT2D eigenvalue weighted by Crippen LogP contribution is -2.10. The molecule has 3 aromatic heterocycles. The van der Waals surface area contributed by atoms with Gasteiger partial charge in [-0.25, -0.2) is 9.97 Å². The third kappa shape index (κ3) is 3.57. The third-order valence-electron chi connectivity index (χ3n) is 4.40. The van der Waals surface area contributed by atoms with Crippen molar-refractivity contribution in [2.45, 2.75) is 20.0 Å². The van der Waals surface area contributed by atoms with Crippen LogP contribution in [0.15, 0.2) is 61.2 Å². The molecule has 0 N–H and O–H groups in total. The number of methoxy groups -OCH3 is 1. The van der Waals surface area contributed by atoms with Gasteiger partial charge in [0.25, 0.3) is 0 Å². The van der Waals surface area contributed by atoms with E-state index in [1.165, 1.54) is 0 Å². The van der Waals surface area contributed by atoms with Crippen molar-refractivity contribution in [3.63, 3.8) is 0 Å². The van der Waals surface area contributed by atoms with Crippen LogP contribution in [0, 0.1) is 6.92 Å². The van der Waals surface area contributed by atoms with Crippen molar-refractivity contribution in [1.29, 1.82) is 0 Å². The Kier molecular flexibility index (Phi) is 4.65. The van der Waals surface area contributed by atoms with E-state index >= 15 is 0 Å². The van der Waals surface area contributed by atoms with E-state index in [2.05, 4.69) is 21.1 Å². The van der Waals surface area contributed by atoms with E-state index in [0.717, 1.165) is 41.3 Å². The quantitative estimate of drug-likeness (QED) is 0.528. The molecule has 136 valence electrons. The van der Waals surface area contributed by atoms with E-state index in [0.29, 0.717) is 5.88 Å². The topological polar surface area (TPSA) is 70.7 Å². The van der Waals surface area contributed by atoms with Crippen LogP contribution < -0.4 is 4.74 Å². The molecule has 0 saturated carbocycles. The molecule has 0 spiro atoms. The summed E-state index contributed by atoms with van der Waals surface area (Å²) in [6.45, 7) is 3.60. The molecule has 0 aliphatic carbocycles. The van der Waals surface area contributed by atoms with Gasteiger partial charge in [0.1, 0.15) is 5.69 Å². The Labute approximate surface area is 157 Å². The van der Waals surface area contributed by atoms with Crippen LogP contribution in [0.3, 0.4) is 0 Å². The molecule has 7 nitrogen and oxygen atoms in total. The lowest BCUT2D eigenvalue weighted by atomic mass is 10.1. The summed E-state index contributed by atoms with van der Waals surface area (Å²) in [5.74, 6) is 0.509. The maximum atomic E-state index is 5.32. The first kappa shape index (κ1) is 17.0. The third-order valence-corrected chi connectivity index (χ3v) is 4.40. The van der Waals surface area contributed by atoms with Crippen molar-refractivity contribution in [2.75, 3.05) is 7.11 Å². The van der Waals surface area contributed by atoms with E-state index in [9.17, 15) is 0 Å². The molecule has 0 bridgehead atoms. The average molecular weight is 360 g/mol. The molecule has 1 aromatic carbocycles. The first-order valence-electron chi connectivity index (χ1n) is 8.72. The maximum absolute atomic E-state index is 5.32. The minimum Gasteiger partial charge on any atom is -0.479 e. The van der Waals surface area contributed by atoms with Gasteiger partial charge in [0.2, 0.25) is 5.88 Å². The highest BCUT2D eigenvalue weighted by atomic mass is 16.5. The van der Waals surface area contributed by atoms with Crippen LogP contribution in [0.4, 0.5) is 0 Å². The summed E-state index contributed by atoms with van der Waals surface area (Å²) < 4.78 is 9.24. The van der Waals surface area contributed by atoms with Gasteiger partial charge < -0.3 is 4.74 Å². The second-order valence-electron chi connectivity index (χ2n) is 6.15. The fourth-order valence-electron chi connectivity index (χ4n) is 2.97. The van der Waals surface area contributed by atoms with Crippen LogP contribution in [0.2, 0.25) is 0 Å². The van der Waals surface area contributed by atoms with Crippen LogP contribution >= 0.6 is 0 Å². The molecule has 4 rings (SSSR count). The number of hydrogen-bond acceptors (Lipinski definition) is 5. The summed E-state index contributed by atoms with van der Waals surface area (Å²) in [5.41, 5.74) is 4.74. The molecule has 0 amide bonds. The number of hydrogen-bond donors (Lipinski definition) is 0. The molecule has 0 saturated heterocycles. The zero-order chi connectivity index (χ0) is 18.6. The van der Waals surface area contributed by atoms with Crippen LogP contribution in [0.5, 0.6) is 5.88 Å². The summed E-state index contributed by atoms with van der Waals surface area (Å²) in [4.78, 5) is 8.63. The Morgan fingerprint density at radius 1 is 0.963 bits per heavy atom. The summed E-state index contributed by atoms with van der Waals surface area (Å²) in [6.07, 6.45) is 7.09. The number of ether oxygens (including phenoxy) is 1. The Morgan fingerprint density at radius 2 is 1.81 bits per heavy atom. The van der Waals surface area contributed by atoms with Gasteiger partial charge in [0, 0.05) is 41.6 Å². The first-order chi connectivity index (χ1) is 13.2. The SMILES string of the molecule is COc1nccnc1-c1cccc(-c2ccn(CCn3nccc3C)n2)c1. The Hall–Kier alpha value is -3.48. The number of aromatic nitrogens is 6. The lowest BCUT2D eigenvalue weighted by Gasteiger charge is -2.07. The monoisotopic (exact) mass is 360 g/mol. The van der Waals surface area contributed by atoms with Gasteiger partial charge in [-0.3, -0.25) is 9.36 Å². The summed E-state index contributed by atoms with van der Waals surface area (Å²) in [5, 5.41) is 9.00. The van der Waals surface area contributed by atoms with Gasteiger partial charge in [-0.1, -0.05) is 18.2 Å². The zero-order valence-electron chi connectivity index (χ0n) is 15.3. The van der Waals surface area contributed by atoms with E-state index in [1.54, 1.807) is 19.5 Å². The molecule has 3 heterocycles. The molecule has 0 unspecified atom stereocenters. The Balaban J connectivity index is 1.56. The second-order valence-corrected chi connectivity index (χ2v) is 6.15. The van der Waals surface area contributed by atoms with Crippen molar-refractivity contribution in [3.8, 4) is 28.4 Å². The summed E-state index contributed by atoms with van der Waals surface area (Å²) >= 11 is 0. The number of aryl methyl sites for hydroxylation is 3. The van der Waals surface area contributed by atoms with Gasteiger partial charge in [0.15, 0.2) is 0 Å². The van der Waals surface area contributed by atoms with Crippen LogP contribution in [-0.2, 0) is 13.1 Å². The first-order valence-corrected chi connectivity index (χ1v) is 8.72. The van der Waals surface area contributed by atoms with E-state index in [-0.39, 0.29) is 0 Å². The van der Waals surface area contributed by atoms with Crippen molar-refractivity contribution in [2.24, 2.45) is 0 Å². The minimum absolute atomic E-state index is 0.509. The van der Waals surface area contributed by atoms with Gasteiger partial charge in [0.05, 0.1) is 25.9 Å². The predicted molar refractivity (Wildman–Crippen MR) is 102 cm³/mol. The molecular weight excluding hydrogens is 340 g/mol. The fraction of sp³-hybridized carbons (Fsp3) is 0.200. The van der Waals surface area contributed by atoms with Crippen LogP contribution in [0.1, 0.15) is 5.69 Å². The zero-order valence-corrected chi connectivity index (χ0v) is 15.3. The molecule has 0 fully saturated rings. The number of rotatable bonds is 6. The van der Waals surface area contributed by atoms with Gasteiger partial charge in [-0.05, 0) is 25.1 Å². The molecule has 4 aromatic rings. The molecule has 0 aliphatic rings. The predicted octanol–water partition coefficient (Wildman–Crippen LogP) is 3.22. The molecular formula is C20H20N6O. The smallest absolute Gasteiger partial charge is 0.240 e. The molecule has 7 heteroatoms. The summed E-state index contributed by atoms with van der Waals surface area (Å²) in [6, 6.07) is 12.1. The Bertz CT molecular complexity index is 1050. The van der Waals surface area contributed by atoms with E-state index < -0.39 is 0 Å². The van der Waals surface area contributed by atoms with E-state index in [4.69, 9.17) is 9.84 Å². The number of benzene rings is 1. The molecule has 0 aliphatic heterocycles. The highest BCUT2D eigenvalue weighted by Gasteiger charge is 2.10. The maximum Gasteiger partial charge on any atom is 0.240 e. The van der Waals surface area contributed by atoms with E-state index in [1.807, 2.05) is 59.0 Å². The molecule has 27 heavy (non-hydrogen) atoms. The van der Waals surface area contributed by atoms with Gasteiger partial charge in [-0.2, -0.15) is 10.2 Å². The van der Waals surface area contributed by atoms with Crippen LogP contribution in [0.25, 0.3) is 22.5 Å². The normalized spacial score (nSPS) is 10.9. The standard InChI is InChI=1S/C20H20N6O/c1-15-6-8-23-26(15)13-12-25-11-7-18(24-25)16-4-3-5-17(14-16)19-20(27-2)22-10-9-21-19/h3-11,14H,12-13H2,1-2H3. The van der Waals surface area contributed by atoms with Crippen LogP contribution in [-0.4, -0.2) is 36.6 Å². The largest absolute Gasteiger partial charge is 0.479 e. The van der Waals surface area contributed by atoms with Gasteiger partial charge >= 0.3 is 0 Å². The molecule has 0 atom stereocenters. The van der Waals surface area contributed by atoms with Crippen molar-refractivity contribution in [3.05, 3.63) is 66.9 Å². The van der Waals surface area contributed by atoms with Crippen molar-refractivity contribution < 1.29 is 4.74 Å². The Morgan fingerprint density at radius 3 is 2.63 bits per heavy atom. The summed E-state index contributed by atoms with van der Waals surface area (Å²) in [7, 11) is 1.60. The minimum atomic E-state index is 0.509. The van der Waals surface area contributed by atoms with Gasteiger partial charge in [-0.15, -0.1) is 0 Å². The average Bonchev–Trinajstić information content (AvgIpc) is 3.35. The number of nitrogens with zero attached hydrogens (tertiary/aromatic N) is 6. The highest BCUT2D eigenvalue weighted by Crippen LogP contribution is 2.28. The fourth-order valence-corrected chi connectivity index (χ4v) is 2.97. The second kappa shape index (κ2) is 7.41. The highest BCUT2D eigenvalue weighted by molar-refractivity contribution is 5.71. The lowest BCUT2D eigenvalue weighted by molar-refractivity contribution is 0.398. The molecule has 0 radical (unpaired) electrons. The van der Waals surface area contributed by atoms with Crippen molar-refractivity contribution in [1.82, 2.24) is 29.5 Å². The van der Waals surface area contributed by atoms with Crippen molar-refractivity contribution >= 4 is 0 Å².